The minimum atomic E-state index is 0.281. The van der Waals surface area contributed by atoms with E-state index >= 15 is 0 Å². The summed E-state index contributed by atoms with van der Waals surface area (Å²) in [5.74, 6) is 0.883. The van der Waals surface area contributed by atoms with Crippen LogP contribution in [0.2, 0.25) is 10.3 Å². The molecular formula is C14H7BrCl2N2O. The Balaban J connectivity index is 2.17. The summed E-state index contributed by atoms with van der Waals surface area (Å²) in [6, 6.07) is 11.1. The minimum absolute atomic E-state index is 0.281. The SMILES string of the molecule is Clc1nc(-c2ccco2)nc(Cl)c1-c1ccccc1Br. The molecule has 1 aromatic carbocycles. The third-order valence-electron chi connectivity index (χ3n) is 2.71. The molecule has 2 aromatic heterocycles. The highest BCUT2D eigenvalue weighted by Crippen LogP contribution is 2.37. The van der Waals surface area contributed by atoms with Gasteiger partial charge in [0.25, 0.3) is 0 Å². The number of aromatic nitrogens is 2. The zero-order chi connectivity index (χ0) is 14.1. The second-order valence-corrected chi connectivity index (χ2v) is 5.53. The molecule has 0 saturated heterocycles. The van der Waals surface area contributed by atoms with Crippen molar-refractivity contribution in [1.82, 2.24) is 9.97 Å². The van der Waals surface area contributed by atoms with E-state index in [-0.39, 0.29) is 10.3 Å². The second kappa shape index (κ2) is 5.56. The average molecular weight is 370 g/mol. The van der Waals surface area contributed by atoms with E-state index in [0.717, 1.165) is 10.0 Å². The van der Waals surface area contributed by atoms with Crippen LogP contribution in [0.3, 0.4) is 0 Å². The highest BCUT2D eigenvalue weighted by atomic mass is 79.9. The normalized spacial score (nSPS) is 10.8. The predicted octanol–water partition coefficient (Wildman–Crippen LogP) is 5.47. The van der Waals surface area contributed by atoms with Gasteiger partial charge < -0.3 is 4.42 Å². The summed E-state index contributed by atoms with van der Waals surface area (Å²) >= 11 is 16.0. The van der Waals surface area contributed by atoms with Crippen LogP contribution in [0, 0.1) is 0 Å². The zero-order valence-corrected chi connectivity index (χ0v) is 13.1. The fourth-order valence-electron chi connectivity index (χ4n) is 1.81. The van der Waals surface area contributed by atoms with Gasteiger partial charge in [0.1, 0.15) is 10.3 Å². The predicted molar refractivity (Wildman–Crippen MR) is 82.9 cm³/mol. The van der Waals surface area contributed by atoms with Gasteiger partial charge in [-0.3, -0.25) is 0 Å². The summed E-state index contributed by atoms with van der Waals surface area (Å²) in [6.45, 7) is 0. The van der Waals surface area contributed by atoms with E-state index in [0.29, 0.717) is 17.1 Å². The number of halogens is 3. The van der Waals surface area contributed by atoms with Gasteiger partial charge in [-0.15, -0.1) is 0 Å². The summed E-state index contributed by atoms with van der Waals surface area (Å²) in [6.07, 6.45) is 1.54. The molecule has 3 aromatic rings. The molecule has 0 N–H and O–H groups in total. The minimum Gasteiger partial charge on any atom is -0.461 e. The maximum atomic E-state index is 6.26. The van der Waals surface area contributed by atoms with E-state index in [9.17, 15) is 0 Å². The maximum Gasteiger partial charge on any atom is 0.198 e. The van der Waals surface area contributed by atoms with E-state index in [2.05, 4.69) is 25.9 Å². The van der Waals surface area contributed by atoms with Crippen molar-refractivity contribution >= 4 is 39.1 Å². The van der Waals surface area contributed by atoms with Crippen molar-refractivity contribution in [2.45, 2.75) is 0 Å². The fourth-order valence-corrected chi connectivity index (χ4v) is 2.88. The van der Waals surface area contributed by atoms with Crippen molar-refractivity contribution in [2.75, 3.05) is 0 Å². The van der Waals surface area contributed by atoms with Crippen molar-refractivity contribution in [1.29, 1.82) is 0 Å². The summed E-state index contributed by atoms with van der Waals surface area (Å²) in [5, 5.41) is 0.562. The van der Waals surface area contributed by atoms with Crippen molar-refractivity contribution in [3.63, 3.8) is 0 Å². The highest BCUT2D eigenvalue weighted by Gasteiger charge is 2.17. The molecule has 0 amide bonds. The lowest BCUT2D eigenvalue weighted by Crippen LogP contribution is -1.94. The second-order valence-electron chi connectivity index (χ2n) is 3.96. The largest absolute Gasteiger partial charge is 0.461 e. The van der Waals surface area contributed by atoms with Crippen molar-refractivity contribution in [3.8, 4) is 22.7 Å². The third-order valence-corrected chi connectivity index (χ3v) is 3.94. The van der Waals surface area contributed by atoms with Crippen LogP contribution in [0.1, 0.15) is 0 Å². The van der Waals surface area contributed by atoms with Gasteiger partial charge in [-0.25, -0.2) is 9.97 Å². The maximum absolute atomic E-state index is 6.26. The first kappa shape index (κ1) is 13.6. The van der Waals surface area contributed by atoms with E-state index in [1.54, 1.807) is 18.4 Å². The van der Waals surface area contributed by atoms with Crippen LogP contribution in [0.25, 0.3) is 22.7 Å². The molecule has 100 valence electrons. The molecule has 3 rings (SSSR count). The number of rotatable bonds is 2. The number of hydrogen-bond donors (Lipinski definition) is 0. The van der Waals surface area contributed by atoms with Crippen molar-refractivity contribution in [3.05, 3.63) is 57.4 Å². The molecule has 0 atom stereocenters. The quantitative estimate of drug-likeness (QED) is 0.562. The Labute approximate surface area is 133 Å². The van der Waals surface area contributed by atoms with Gasteiger partial charge in [0.2, 0.25) is 0 Å². The summed E-state index contributed by atoms with van der Waals surface area (Å²) in [7, 11) is 0. The standard InChI is InChI=1S/C14H7BrCl2N2O/c15-9-5-2-1-4-8(9)11-12(16)18-14(19-13(11)17)10-6-3-7-20-10/h1-7H. The first-order valence-electron chi connectivity index (χ1n) is 5.68. The third kappa shape index (κ3) is 2.46. The lowest BCUT2D eigenvalue weighted by atomic mass is 10.1. The highest BCUT2D eigenvalue weighted by molar-refractivity contribution is 9.10. The summed E-state index contributed by atoms with van der Waals surface area (Å²) in [5.41, 5.74) is 1.43. The molecule has 0 fully saturated rings. The Morgan fingerprint density at radius 3 is 2.25 bits per heavy atom. The van der Waals surface area contributed by atoms with E-state index in [1.165, 1.54) is 0 Å². The van der Waals surface area contributed by atoms with Crippen molar-refractivity contribution < 1.29 is 4.42 Å². The van der Waals surface area contributed by atoms with Crippen LogP contribution in [-0.2, 0) is 0 Å². The van der Waals surface area contributed by atoms with E-state index in [4.69, 9.17) is 27.6 Å². The molecule has 20 heavy (non-hydrogen) atoms. The molecule has 0 aliphatic heterocycles. The van der Waals surface area contributed by atoms with Crippen LogP contribution >= 0.6 is 39.1 Å². The first-order valence-corrected chi connectivity index (χ1v) is 7.23. The molecule has 0 spiro atoms. The topological polar surface area (TPSA) is 38.9 Å². The van der Waals surface area contributed by atoms with Crippen LogP contribution in [0.4, 0.5) is 0 Å². The van der Waals surface area contributed by atoms with Crippen LogP contribution < -0.4 is 0 Å². The number of hydrogen-bond acceptors (Lipinski definition) is 3. The van der Waals surface area contributed by atoms with Gasteiger partial charge in [-0.1, -0.05) is 57.3 Å². The van der Waals surface area contributed by atoms with Gasteiger partial charge in [-0.05, 0) is 18.2 Å². The lowest BCUT2D eigenvalue weighted by Gasteiger charge is -2.09. The molecular weight excluding hydrogens is 363 g/mol. The van der Waals surface area contributed by atoms with E-state index in [1.807, 2.05) is 24.3 Å². The van der Waals surface area contributed by atoms with Crippen LogP contribution in [-0.4, -0.2) is 9.97 Å². The molecule has 0 radical (unpaired) electrons. The smallest absolute Gasteiger partial charge is 0.198 e. The zero-order valence-electron chi connectivity index (χ0n) is 9.98. The Morgan fingerprint density at radius 2 is 1.65 bits per heavy atom. The van der Waals surface area contributed by atoms with Crippen LogP contribution in [0.5, 0.6) is 0 Å². The Hall–Kier alpha value is -1.36. The van der Waals surface area contributed by atoms with Gasteiger partial charge >= 0.3 is 0 Å². The molecule has 0 aliphatic carbocycles. The number of nitrogens with zero attached hydrogens (tertiary/aromatic N) is 2. The van der Waals surface area contributed by atoms with Gasteiger partial charge in [0, 0.05) is 10.0 Å². The van der Waals surface area contributed by atoms with Gasteiger partial charge in [0.15, 0.2) is 11.6 Å². The fraction of sp³-hybridized carbons (Fsp3) is 0. The molecule has 0 aliphatic rings. The van der Waals surface area contributed by atoms with Gasteiger partial charge in [-0.2, -0.15) is 0 Å². The molecule has 0 bridgehead atoms. The monoisotopic (exact) mass is 368 g/mol. The molecule has 3 nitrogen and oxygen atoms in total. The van der Waals surface area contributed by atoms with Crippen molar-refractivity contribution in [2.24, 2.45) is 0 Å². The van der Waals surface area contributed by atoms with E-state index < -0.39 is 0 Å². The van der Waals surface area contributed by atoms with Gasteiger partial charge in [0.05, 0.1) is 11.8 Å². The molecule has 6 heteroatoms. The Bertz CT molecular complexity index is 737. The Kier molecular flexibility index (Phi) is 3.78. The summed E-state index contributed by atoms with van der Waals surface area (Å²) in [4.78, 5) is 8.50. The Morgan fingerprint density at radius 1 is 0.950 bits per heavy atom. The molecule has 0 saturated carbocycles. The molecule has 2 heterocycles. The summed E-state index contributed by atoms with van der Waals surface area (Å²) < 4.78 is 6.12. The number of furan rings is 1. The average Bonchev–Trinajstić information content (AvgIpc) is 2.94. The first-order chi connectivity index (χ1) is 9.66. The lowest BCUT2D eigenvalue weighted by molar-refractivity contribution is 0.577. The number of benzene rings is 1. The molecule has 0 unspecified atom stereocenters. The van der Waals surface area contributed by atoms with Crippen LogP contribution in [0.15, 0.2) is 51.6 Å².